The van der Waals surface area contributed by atoms with Crippen molar-refractivity contribution >= 4 is 17.7 Å². The molecule has 0 saturated heterocycles. The van der Waals surface area contributed by atoms with Crippen LogP contribution in [-0.2, 0) is 23.2 Å². The van der Waals surface area contributed by atoms with E-state index in [9.17, 15) is 4.79 Å². The first-order valence-electron chi connectivity index (χ1n) is 7.84. The highest BCUT2D eigenvalue weighted by Gasteiger charge is 2.22. The van der Waals surface area contributed by atoms with Crippen molar-refractivity contribution in [2.45, 2.75) is 44.3 Å². The van der Waals surface area contributed by atoms with Crippen molar-refractivity contribution in [3.8, 4) is 0 Å². The lowest BCUT2D eigenvalue weighted by molar-refractivity contribution is -0.129. The van der Waals surface area contributed by atoms with Crippen LogP contribution in [0.25, 0.3) is 0 Å². The molecule has 6 heteroatoms. The molecule has 2 heterocycles. The predicted octanol–water partition coefficient (Wildman–Crippen LogP) is 2.78. The van der Waals surface area contributed by atoms with Gasteiger partial charge >= 0.3 is 0 Å². The van der Waals surface area contributed by atoms with Crippen molar-refractivity contribution in [2.24, 2.45) is 0 Å². The zero-order valence-electron chi connectivity index (χ0n) is 13.8. The van der Waals surface area contributed by atoms with Gasteiger partial charge in [-0.2, -0.15) is 0 Å². The van der Waals surface area contributed by atoms with Crippen molar-refractivity contribution in [3.63, 3.8) is 0 Å². The van der Waals surface area contributed by atoms with E-state index < -0.39 is 0 Å². The summed E-state index contributed by atoms with van der Waals surface area (Å²) >= 11 is 1.40. The minimum absolute atomic E-state index is 0.0631. The first-order chi connectivity index (χ1) is 10.9. The van der Waals surface area contributed by atoms with E-state index in [1.165, 1.54) is 22.9 Å². The molecule has 1 aromatic heterocycles. The second kappa shape index (κ2) is 6.35. The van der Waals surface area contributed by atoms with Gasteiger partial charge in [0.15, 0.2) is 0 Å². The highest BCUT2D eigenvalue weighted by Crippen LogP contribution is 2.23. The summed E-state index contributed by atoms with van der Waals surface area (Å²) in [5.41, 5.74) is 2.55. The van der Waals surface area contributed by atoms with Crippen LogP contribution in [0.1, 0.15) is 37.7 Å². The van der Waals surface area contributed by atoms with E-state index in [1.54, 1.807) is 0 Å². The van der Waals surface area contributed by atoms with Crippen LogP contribution in [0.3, 0.4) is 0 Å². The molecule has 2 aromatic rings. The molecule has 0 spiro atoms. The number of hydrogen-bond donors (Lipinski definition) is 1. The lowest BCUT2D eigenvalue weighted by Crippen LogP contribution is -2.37. The third-order valence-electron chi connectivity index (χ3n) is 3.98. The van der Waals surface area contributed by atoms with Crippen LogP contribution in [0.5, 0.6) is 0 Å². The summed E-state index contributed by atoms with van der Waals surface area (Å²) in [4.78, 5) is 18.8. The molecule has 0 unspecified atom stereocenters. The van der Waals surface area contributed by atoms with Crippen LogP contribution in [0, 0.1) is 0 Å². The first-order valence-corrected chi connectivity index (χ1v) is 8.82. The second-order valence-electron chi connectivity index (χ2n) is 6.84. The molecule has 1 aromatic carbocycles. The molecule has 0 fully saturated rings. The van der Waals surface area contributed by atoms with Gasteiger partial charge in [-0.15, -0.1) is 5.10 Å². The van der Waals surface area contributed by atoms with E-state index in [0.717, 1.165) is 18.8 Å². The molecule has 1 amide bonds. The molecule has 5 nitrogen and oxygen atoms in total. The van der Waals surface area contributed by atoms with Gasteiger partial charge in [-0.3, -0.25) is 9.89 Å². The molecule has 1 aliphatic heterocycles. The summed E-state index contributed by atoms with van der Waals surface area (Å²) in [6.45, 7) is 7.74. The van der Waals surface area contributed by atoms with Gasteiger partial charge in [0.2, 0.25) is 11.1 Å². The van der Waals surface area contributed by atoms with Gasteiger partial charge in [-0.05, 0) is 17.5 Å². The van der Waals surface area contributed by atoms with Gasteiger partial charge in [0.05, 0.1) is 5.75 Å². The average molecular weight is 330 g/mol. The summed E-state index contributed by atoms with van der Waals surface area (Å²) in [5.74, 6) is 1.37. The summed E-state index contributed by atoms with van der Waals surface area (Å²) in [5, 5.41) is 7.79. The van der Waals surface area contributed by atoms with Crippen LogP contribution < -0.4 is 0 Å². The van der Waals surface area contributed by atoms with Gasteiger partial charge in [0.1, 0.15) is 5.82 Å². The highest BCUT2D eigenvalue weighted by molar-refractivity contribution is 7.99. The standard InChI is InChI=1S/C17H22N4OS/c1-17(2,3)15-18-16(20-19-15)23-11-14(22)21-9-8-12-6-4-5-7-13(12)10-21/h4-7H,8-11H2,1-3H3,(H,18,19,20). The molecular weight excluding hydrogens is 308 g/mol. The van der Waals surface area contributed by atoms with Crippen LogP contribution in [0.4, 0.5) is 0 Å². The minimum atomic E-state index is -0.0631. The lowest BCUT2D eigenvalue weighted by Gasteiger charge is -2.28. The Morgan fingerprint density at radius 1 is 1.30 bits per heavy atom. The third kappa shape index (κ3) is 3.75. The molecule has 0 radical (unpaired) electrons. The van der Waals surface area contributed by atoms with E-state index in [4.69, 9.17) is 0 Å². The SMILES string of the molecule is CC(C)(C)c1nc(SCC(=O)N2CCc3ccccc3C2)n[nH]1. The number of nitrogens with one attached hydrogen (secondary N) is 1. The topological polar surface area (TPSA) is 61.9 Å². The van der Waals surface area contributed by atoms with Crippen molar-refractivity contribution in [1.29, 1.82) is 0 Å². The quantitative estimate of drug-likeness (QED) is 0.879. The number of nitrogens with zero attached hydrogens (tertiary/aromatic N) is 3. The lowest BCUT2D eigenvalue weighted by atomic mass is 9.96. The summed E-state index contributed by atoms with van der Waals surface area (Å²) in [6.07, 6.45) is 0.932. The van der Waals surface area contributed by atoms with Crippen LogP contribution in [-0.4, -0.2) is 38.3 Å². The second-order valence-corrected chi connectivity index (χ2v) is 7.78. The van der Waals surface area contributed by atoms with Gasteiger partial charge in [0, 0.05) is 18.5 Å². The number of aromatic amines is 1. The number of fused-ring (bicyclic) bond motifs is 1. The van der Waals surface area contributed by atoms with E-state index in [0.29, 0.717) is 17.5 Å². The van der Waals surface area contributed by atoms with Crippen LogP contribution in [0.15, 0.2) is 29.4 Å². The molecule has 0 atom stereocenters. The number of hydrogen-bond acceptors (Lipinski definition) is 4. The van der Waals surface area contributed by atoms with E-state index >= 15 is 0 Å². The molecule has 0 bridgehead atoms. The van der Waals surface area contributed by atoms with Gasteiger partial charge < -0.3 is 4.90 Å². The highest BCUT2D eigenvalue weighted by atomic mass is 32.2. The molecule has 0 saturated carbocycles. The maximum absolute atomic E-state index is 12.4. The summed E-state index contributed by atoms with van der Waals surface area (Å²) < 4.78 is 0. The fourth-order valence-corrected chi connectivity index (χ4v) is 3.27. The van der Waals surface area contributed by atoms with E-state index in [1.807, 2.05) is 11.0 Å². The fraction of sp³-hybridized carbons (Fsp3) is 0.471. The molecule has 23 heavy (non-hydrogen) atoms. The summed E-state index contributed by atoms with van der Waals surface area (Å²) in [7, 11) is 0. The Morgan fingerprint density at radius 3 is 2.74 bits per heavy atom. The van der Waals surface area contributed by atoms with E-state index in [-0.39, 0.29) is 11.3 Å². The van der Waals surface area contributed by atoms with Gasteiger partial charge in [-0.1, -0.05) is 56.8 Å². The van der Waals surface area contributed by atoms with Crippen LogP contribution in [0.2, 0.25) is 0 Å². The van der Waals surface area contributed by atoms with Crippen molar-refractivity contribution in [3.05, 3.63) is 41.2 Å². The Bertz CT molecular complexity index is 705. The summed E-state index contributed by atoms with van der Waals surface area (Å²) in [6, 6.07) is 8.34. The van der Waals surface area contributed by atoms with Gasteiger partial charge in [-0.25, -0.2) is 4.98 Å². The number of rotatable bonds is 3. The molecule has 3 rings (SSSR count). The molecule has 1 N–H and O–H groups in total. The number of H-pyrrole nitrogens is 1. The van der Waals surface area contributed by atoms with Crippen molar-refractivity contribution < 1.29 is 4.79 Å². The Morgan fingerprint density at radius 2 is 2.04 bits per heavy atom. The number of aromatic nitrogens is 3. The van der Waals surface area contributed by atoms with Crippen LogP contribution >= 0.6 is 11.8 Å². The predicted molar refractivity (Wildman–Crippen MR) is 91.4 cm³/mol. The largest absolute Gasteiger partial charge is 0.337 e. The smallest absolute Gasteiger partial charge is 0.233 e. The maximum Gasteiger partial charge on any atom is 0.233 e. The molecule has 1 aliphatic rings. The maximum atomic E-state index is 12.4. The normalized spacial score (nSPS) is 14.7. The monoisotopic (exact) mass is 330 g/mol. The van der Waals surface area contributed by atoms with Gasteiger partial charge in [0.25, 0.3) is 0 Å². The number of carbonyl (C=O) groups is 1. The zero-order chi connectivity index (χ0) is 16.4. The Kier molecular flexibility index (Phi) is 4.43. The number of benzene rings is 1. The molecule has 0 aliphatic carbocycles. The zero-order valence-corrected chi connectivity index (χ0v) is 14.6. The Balaban J connectivity index is 1.57. The number of thioether (sulfide) groups is 1. The number of amides is 1. The fourth-order valence-electron chi connectivity index (χ4n) is 2.57. The molecular formula is C17H22N4OS. The minimum Gasteiger partial charge on any atom is -0.337 e. The Hall–Kier alpha value is -1.82. The number of carbonyl (C=O) groups excluding carboxylic acids is 1. The van der Waals surface area contributed by atoms with E-state index in [2.05, 4.69) is 54.2 Å². The molecule has 122 valence electrons. The first kappa shape index (κ1) is 16.1. The third-order valence-corrected chi connectivity index (χ3v) is 4.82. The van der Waals surface area contributed by atoms with Crippen molar-refractivity contribution in [2.75, 3.05) is 12.3 Å². The van der Waals surface area contributed by atoms with Crippen molar-refractivity contribution in [1.82, 2.24) is 20.1 Å². The average Bonchev–Trinajstić information content (AvgIpc) is 3.01. The Labute approximate surface area is 140 Å².